The first kappa shape index (κ1) is 17.4. The molecule has 1 aromatic carbocycles. The van der Waals surface area contributed by atoms with Crippen molar-refractivity contribution in [2.24, 2.45) is 5.92 Å². The third kappa shape index (κ3) is 5.53. The van der Waals surface area contributed by atoms with Gasteiger partial charge in [0, 0.05) is 32.0 Å². The summed E-state index contributed by atoms with van der Waals surface area (Å²) >= 11 is 0. The number of anilines is 1. The molecule has 2 heterocycles. The number of aromatic nitrogens is 2. The third-order valence-corrected chi connectivity index (χ3v) is 4.33. The quantitative estimate of drug-likeness (QED) is 0.835. The molecule has 25 heavy (non-hydrogen) atoms. The van der Waals surface area contributed by atoms with E-state index in [1.54, 1.807) is 18.6 Å². The van der Waals surface area contributed by atoms with Gasteiger partial charge in [0.1, 0.15) is 12.4 Å². The van der Waals surface area contributed by atoms with Crippen LogP contribution in [0.2, 0.25) is 0 Å². The lowest BCUT2D eigenvalue weighted by Crippen LogP contribution is -2.42. The van der Waals surface area contributed by atoms with Crippen molar-refractivity contribution in [3.63, 3.8) is 0 Å². The molecule has 1 saturated heterocycles. The molecule has 6 nitrogen and oxygen atoms in total. The summed E-state index contributed by atoms with van der Waals surface area (Å²) in [7, 11) is 0. The average Bonchev–Trinajstić information content (AvgIpc) is 2.68. The monoisotopic (exact) mass is 340 g/mol. The van der Waals surface area contributed by atoms with Gasteiger partial charge >= 0.3 is 0 Å². The zero-order valence-corrected chi connectivity index (χ0v) is 14.3. The number of nitrogens with zero attached hydrogens (tertiary/aromatic N) is 3. The van der Waals surface area contributed by atoms with Crippen LogP contribution in [-0.4, -0.2) is 42.1 Å². The highest BCUT2D eigenvalue weighted by Crippen LogP contribution is 2.20. The largest absolute Gasteiger partial charge is 0.367 e. The Morgan fingerprint density at radius 2 is 2.16 bits per heavy atom. The van der Waals surface area contributed by atoms with Crippen LogP contribution in [-0.2, 0) is 16.1 Å². The van der Waals surface area contributed by atoms with Gasteiger partial charge in [-0.25, -0.2) is 4.98 Å². The van der Waals surface area contributed by atoms with Gasteiger partial charge in [0.2, 0.25) is 5.91 Å². The van der Waals surface area contributed by atoms with Crippen LogP contribution in [0, 0.1) is 5.92 Å². The summed E-state index contributed by atoms with van der Waals surface area (Å²) in [5.74, 6) is 1.27. The molecule has 6 heteroatoms. The van der Waals surface area contributed by atoms with Crippen molar-refractivity contribution in [2.45, 2.75) is 19.4 Å². The number of carbonyl (C=O) groups excluding carboxylic acids is 1. The van der Waals surface area contributed by atoms with Crippen molar-refractivity contribution in [2.75, 3.05) is 31.1 Å². The van der Waals surface area contributed by atoms with Crippen molar-refractivity contribution in [1.29, 1.82) is 0 Å². The summed E-state index contributed by atoms with van der Waals surface area (Å²) in [5.41, 5.74) is 1.07. The van der Waals surface area contributed by atoms with E-state index in [-0.39, 0.29) is 12.5 Å². The minimum absolute atomic E-state index is 0.0624. The van der Waals surface area contributed by atoms with Gasteiger partial charge in [-0.05, 0) is 24.3 Å². The maximum Gasteiger partial charge on any atom is 0.246 e. The summed E-state index contributed by atoms with van der Waals surface area (Å²) in [6, 6.07) is 9.86. The zero-order chi connectivity index (χ0) is 17.3. The van der Waals surface area contributed by atoms with Crippen LogP contribution >= 0.6 is 0 Å². The molecule has 0 aliphatic carbocycles. The zero-order valence-electron chi connectivity index (χ0n) is 14.3. The smallest absolute Gasteiger partial charge is 0.246 e. The molecule has 2 aromatic rings. The highest BCUT2D eigenvalue weighted by atomic mass is 16.5. The Labute approximate surface area is 148 Å². The normalized spacial score (nSPS) is 17.3. The Bertz CT molecular complexity index is 651. The molecule has 1 aliphatic rings. The molecule has 1 N–H and O–H groups in total. The molecule has 3 rings (SSSR count). The van der Waals surface area contributed by atoms with Gasteiger partial charge in [0.25, 0.3) is 0 Å². The number of rotatable bonds is 7. The van der Waals surface area contributed by atoms with Crippen LogP contribution in [0.1, 0.15) is 18.4 Å². The number of benzene rings is 1. The fourth-order valence-electron chi connectivity index (χ4n) is 3.04. The van der Waals surface area contributed by atoms with Crippen molar-refractivity contribution in [3.8, 4) is 0 Å². The molecule has 0 saturated carbocycles. The van der Waals surface area contributed by atoms with Crippen LogP contribution in [0.3, 0.4) is 0 Å². The molecule has 1 fully saturated rings. The number of ether oxygens (including phenoxy) is 1. The molecular formula is C19H24N4O2. The third-order valence-electron chi connectivity index (χ3n) is 4.33. The highest BCUT2D eigenvalue weighted by Gasteiger charge is 2.21. The van der Waals surface area contributed by atoms with Gasteiger partial charge in [0.15, 0.2) is 0 Å². The van der Waals surface area contributed by atoms with Gasteiger partial charge < -0.3 is 15.0 Å². The molecule has 132 valence electrons. The molecule has 0 bridgehead atoms. The lowest BCUT2D eigenvalue weighted by molar-refractivity contribution is -0.126. The average molecular weight is 340 g/mol. The van der Waals surface area contributed by atoms with Crippen molar-refractivity contribution in [3.05, 3.63) is 54.5 Å². The maximum atomic E-state index is 12.0. The Balaban J connectivity index is 1.37. The second-order valence-electron chi connectivity index (χ2n) is 6.30. The van der Waals surface area contributed by atoms with E-state index < -0.39 is 0 Å². The van der Waals surface area contributed by atoms with E-state index in [9.17, 15) is 4.79 Å². The number of hydrogen-bond donors (Lipinski definition) is 1. The Hall–Kier alpha value is -2.47. The fourth-order valence-corrected chi connectivity index (χ4v) is 3.04. The number of amides is 1. The van der Waals surface area contributed by atoms with Crippen molar-refractivity contribution < 1.29 is 9.53 Å². The molecule has 1 aromatic heterocycles. The van der Waals surface area contributed by atoms with Crippen LogP contribution in [0.15, 0.2) is 48.9 Å². The lowest BCUT2D eigenvalue weighted by atomic mass is 9.98. The molecule has 1 atom stereocenters. The van der Waals surface area contributed by atoms with Gasteiger partial charge in [-0.15, -0.1) is 0 Å². The van der Waals surface area contributed by atoms with E-state index in [1.807, 2.05) is 30.3 Å². The van der Waals surface area contributed by atoms with Crippen molar-refractivity contribution >= 4 is 11.7 Å². The fraction of sp³-hybridized carbons (Fsp3) is 0.421. The van der Waals surface area contributed by atoms with E-state index in [0.717, 1.165) is 37.3 Å². The van der Waals surface area contributed by atoms with E-state index in [1.165, 1.54) is 0 Å². The van der Waals surface area contributed by atoms with Gasteiger partial charge in [0.05, 0.1) is 12.8 Å². The summed E-state index contributed by atoms with van der Waals surface area (Å²) in [5, 5.41) is 2.98. The predicted molar refractivity (Wildman–Crippen MR) is 96.1 cm³/mol. The van der Waals surface area contributed by atoms with E-state index in [0.29, 0.717) is 19.1 Å². The van der Waals surface area contributed by atoms with Gasteiger partial charge in [-0.1, -0.05) is 30.3 Å². The highest BCUT2D eigenvalue weighted by molar-refractivity contribution is 5.77. The SMILES string of the molecule is O=C(COCc1ccccc1)NCC1CCCN(c2cnccn2)C1. The number of nitrogens with one attached hydrogen (secondary N) is 1. The minimum Gasteiger partial charge on any atom is -0.367 e. The summed E-state index contributed by atoms with van der Waals surface area (Å²) in [6.45, 7) is 3.10. The second kappa shape index (κ2) is 9.13. The summed E-state index contributed by atoms with van der Waals surface area (Å²) < 4.78 is 5.47. The van der Waals surface area contributed by atoms with Crippen LogP contribution in [0.5, 0.6) is 0 Å². The summed E-state index contributed by atoms with van der Waals surface area (Å²) in [4.78, 5) is 22.7. The van der Waals surface area contributed by atoms with Gasteiger partial charge in [-0.2, -0.15) is 0 Å². The topological polar surface area (TPSA) is 67.3 Å². The second-order valence-corrected chi connectivity index (χ2v) is 6.30. The van der Waals surface area contributed by atoms with Crippen LogP contribution < -0.4 is 10.2 Å². The first-order valence-corrected chi connectivity index (χ1v) is 8.70. The molecule has 0 spiro atoms. The molecule has 1 aliphatic heterocycles. The predicted octanol–water partition coefficient (Wildman–Crippen LogP) is 2.03. The molecule has 0 radical (unpaired) electrons. The summed E-state index contributed by atoms with van der Waals surface area (Å²) in [6.07, 6.45) is 7.40. The molecule has 1 unspecified atom stereocenters. The first-order chi connectivity index (χ1) is 12.3. The molecular weight excluding hydrogens is 316 g/mol. The van der Waals surface area contributed by atoms with Crippen LogP contribution in [0.4, 0.5) is 5.82 Å². The first-order valence-electron chi connectivity index (χ1n) is 8.70. The Morgan fingerprint density at radius 1 is 1.28 bits per heavy atom. The van der Waals surface area contributed by atoms with Crippen LogP contribution in [0.25, 0.3) is 0 Å². The van der Waals surface area contributed by atoms with E-state index in [4.69, 9.17) is 4.74 Å². The Morgan fingerprint density at radius 3 is 2.96 bits per heavy atom. The minimum atomic E-state index is -0.0624. The van der Waals surface area contributed by atoms with E-state index >= 15 is 0 Å². The lowest BCUT2D eigenvalue weighted by Gasteiger charge is -2.33. The number of piperidine rings is 1. The maximum absolute atomic E-state index is 12.0. The van der Waals surface area contributed by atoms with E-state index in [2.05, 4.69) is 20.2 Å². The van der Waals surface area contributed by atoms with Gasteiger partial charge in [-0.3, -0.25) is 9.78 Å². The molecule has 1 amide bonds. The number of carbonyl (C=O) groups is 1. The standard InChI is InChI=1S/C19H24N4O2/c24-19(15-25-14-16-5-2-1-3-6-16)22-11-17-7-4-10-23(13-17)18-12-20-8-9-21-18/h1-3,5-6,8-9,12,17H,4,7,10-11,13-15H2,(H,22,24). The number of hydrogen-bond acceptors (Lipinski definition) is 5. The van der Waals surface area contributed by atoms with Crippen molar-refractivity contribution in [1.82, 2.24) is 15.3 Å². The Kier molecular flexibility index (Phi) is 6.34.